The molecule has 1 heterocycles. The van der Waals surface area contributed by atoms with Gasteiger partial charge in [-0.15, -0.1) is 0 Å². The molecule has 1 unspecified atom stereocenters. The van der Waals surface area contributed by atoms with Gasteiger partial charge in [0.1, 0.15) is 6.10 Å². The summed E-state index contributed by atoms with van der Waals surface area (Å²) >= 11 is 0. The van der Waals surface area contributed by atoms with E-state index in [9.17, 15) is 9.59 Å². The van der Waals surface area contributed by atoms with Crippen molar-refractivity contribution in [1.82, 2.24) is 4.90 Å². The first-order valence-electron chi connectivity index (χ1n) is 3.29. The Morgan fingerprint density at radius 2 is 2.45 bits per heavy atom. The van der Waals surface area contributed by atoms with E-state index in [0.717, 1.165) is 0 Å². The number of rotatable bonds is 1. The van der Waals surface area contributed by atoms with Gasteiger partial charge >= 0.3 is 6.09 Å². The van der Waals surface area contributed by atoms with Crippen LogP contribution in [0.15, 0.2) is 0 Å². The zero-order chi connectivity index (χ0) is 8.27. The Labute approximate surface area is 63.5 Å². The summed E-state index contributed by atoms with van der Waals surface area (Å²) in [5.74, 6) is 0. The Bertz CT molecular complexity index is 170. The molecule has 5 heteroatoms. The maximum absolute atomic E-state index is 10.4. The lowest BCUT2D eigenvalue weighted by molar-refractivity contribution is -0.122. The number of aldehydes is 1. The monoisotopic (exact) mass is 159 g/mol. The van der Waals surface area contributed by atoms with Gasteiger partial charge in [0.25, 0.3) is 0 Å². The van der Waals surface area contributed by atoms with Crippen molar-refractivity contribution in [1.29, 1.82) is 0 Å². The van der Waals surface area contributed by atoms with E-state index in [4.69, 9.17) is 9.84 Å². The molecule has 1 aliphatic heterocycles. The highest BCUT2D eigenvalue weighted by Crippen LogP contribution is 2.02. The first-order chi connectivity index (χ1) is 5.24. The van der Waals surface area contributed by atoms with Gasteiger partial charge in [0.2, 0.25) is 0 Å². The molecule has 1 fully saturated rings. The highest BCUT2D eigenvalue weighted by Gasteiger charge is 2.22. The number of carboxylic acid groups (broad SMARTS) is 1. The second kappa shape index (κ2) is 3.34. The Balaban J connectivity index is 2.45. The van der Waals surface area contributed by atoms with Crippen LogP contribution in [0.1, 0.15) is 0 Å². The van der Waals surface area contributed by atoms with E-state index in [1.165, 1.54) is 4.90 Å². The van der Waals surface area contributed by atoms with Crippen LogP contribution in [0.2, 0.25) is 0 Å². The third kappa shape index (κ3) is 1.91. The number of nitrogens with zero attached hydrogens (tertiary/aromatic N) is 1. The second-order valence-corrected chi connectivity index (χ2v) is 2.27. The number of carbonyl (C=O) groups is 2. The summed E-state index contributed by atoms with van der Waals surface area (Å²) in [6, 6.07) is 0. The van der Waals surface area contributed by atoms with Gasteiger partial charge in [-0.2, -0.15) is 0 Å². The molecule has 0 aromatic heterocycles. The van der Waals surface area contributed by atoms with E-state index in [1.807, 2.05) is 0 Å². The molecule has 0 radical (unpaired) electrons. The van der Waals surface area contributed by atoms with Crippen LogP contribution in [-0.2, 0) is 9.53 Å². The fraction of sp³-hybridized carbons (Fsp3) is 0.667. The molecular weight excluding hydrogens is 150 g/mol. The SMILES string of the molecule is O=CC1CN(C(=O)O)CCO1. The predicted molar refractivity (Wildman–Crippen MR) is 35.4 cm³/mol. The zero-order valence-corrected chi connectivity index (χ0v) is 5.90. The van der Waals surface area contributed by atoms with Gasteiger partial charge in [-0.1, -0.05) is 0 Å². The van der Waals surface area contributed by atoms with E-state index in [1.54, 1.807) is 0 Å². The second-order valence-electron chi connectivity index (χ2n) is 2.27. The Morgan fingerprint density at radius 3 is 3.00 bits per heavy atom. The summed E-state index contributed by atoms with van der Waals surface area (Å²) in [6.45, 7) is 0.800. The van der Waals surface area contributed by atoms with Crippen molar-refractivity contribution in [3.8, 4) is 0 Å². The number of morpholine rings is 1. The van der Waals surface area contributed by atoms with Gasteiger partial charge in [-0.05, 0) is 0 Å². The number of ether oxygens (including phenoxy) is 1. The fourth-order valence-electron chi connectivity index (χ4n) is 0.932. The van der Waals surface area contributed by atoms with Crippen LogP contribution in [0.5, 0.6) is 0 Å². The smallest absolute Gasteiger partial charge is 0.407 e. The maximum Gasteiger partial charge on any atom is 0.407 e. The van der Waals surface area contributed by atoms with Crippen molar-refractivity contribution < 1.29 is 19.4 Å². The van der Waals surface area contributed by atoms with Crippen LogP contribution in [0.25, 0.3) is 0 Å². The lowest BCUT2D eigenvalue weighted by Crippen LogP contribution is -2.45. The molecule has 1 rings (SSSR count). The minimum atomic E-state index is -1.000. The lowest BCUT2D eigenvalue weighted by atomic mass is 10.3. The van der Waals surface area contributed by atoms with Crippen molar-refractivity contribution in [3.63, 3.8) is 0 Å². The van der Waals surface area contributed by atoms with E-state index < -0.39 is 12.2 Å². The van der Waals surface area contributed by atoms with Gasteiger partial charge in [0.15, 0.2) is 6.29 Å². The van der Waals surface area contributed by atoms with E-state index in [0.29, 0.717) is 19.4 Å². The first-order valence-corrected chi connectivity index (χ1v) is 3.29. The molecule has 0 aromatic carbocycles. The molecular formula is C6H9NO4. The third-order valence-corrected chi connectivity index (χ3v) is 1.52. The minimum absolute atomic E-state index is 0.152. The highest BCUT2D eigenvalue weighted by molar-refractivity contribution is 5.66. The number of amides is 1. The van der Waals surface area contributed by atoms with Crippen LogP contribution >= 0.6 is 0 Å². The summed E-state index contributed by atoms with van der Waals surface area (Å²) in [7, 11) is 0. The summed E-state index contributed by atoms with van der Waals surface area (Å²) in [5, 5.41) is 8.51. The zero-order valence-electron chi connectivity index (χ0n) is 5.90. The minimum Gasteiger partial charge on any atom is -0.465 e. The topological polar surface area (TPSA) is 66.8 Å². The van der Waals surface area contributed by atoms with Gasteiger partial charge in [-0.3, -0.25) is 0 Å². The van der Waals surface area contributed by atoms with Gasteiger partial charge in [0.05, 0.1) is 13.2 Å². The van der Waals surface area contributed by atoms with Crippen molar-refractivity contribution >= 4 is 12.4 Å². The molecule has 0 spiro atoms. The molecule has 1 amide bonds. The molecule has 62 valence electrons. The predicted octanol–water partition coefficient (Wildman–Crippen LogP) is -0.436. The van der Waals surface area contributed by atoms with E-state index >= 15 is 0 Å². The largest absolute Gasteiger partial charge is 0.465 e. The molecule has 1 N–H and O–H groups in total. The van der Waals surface area contributed by atoms with Gasteiger partial charge < -0.3 is 19.5 Å². The van der Waals surface area contributed by atoms with Crippen molar-refractivity contribution in [2.24, 2.45) is 0 Å². The summed E-state index contributed by atoms with van der Waals surface area (Å²) in [6.07, 6.45) is -0.963. The Hall–Kier alpha value is -1.10. The maximum atomic E-state index is 10.4. The normalized spacial score (nSPS) is 24.7. The van der Waals surface area contributed by atoms with Crippen molar-refractivity contribution in [2.75, 3.05) is 19.7 Å². The van der Waals surface area contributed by atoms with Crippen LogP contribution in [-0.4, -0.2) is 48.2 Å². The molecule has 11 heavy (non-hydrogen) atoms. The van der Waals surface area contributed by atoms with Crippen molar-refractivity contribution in [3.05, 3.63) is 0 Å². The number of carbonyl (C=O) groups excluding carboxylic acids is 1. The molecule has 5 nitrogen and oxygen atoms in total. The third-order valence-electron chi connectivity index (χ3n) is 1.52. The standard InChI is InChI=1S/C6H9NO4/c8-4-5-3-7(6(9)10)1-2-11-5/h4-5H,1-3H2,(H,9,10). The van der Waals surface area contributed by atoms with Crippen LogP contribution < -0.4 is 0 Å². The van der Waals surface area contributed by atoms with Crippen LogP contribution in [0.4, 0.5) is 4.79 Å². The van der Waals surface area contributed by atoms with Gasteiger partial charge in [0, 0.05) is 6.54 Å². The fourth-order valence-corrected chi connectivity index (χ4v) is 0.932. The summed E-state index contributed by atoms with van der Waals surface area (Å²) in [5.41, 5.74) is 0. The molecule has 0 aliphatic carbocycles. The molecule has 0 bridgehead atoms. The lowest BCUT2D eigenvalue weighted by Gasteiger charge is -2.27. The number of hydrogen-bond acceptors (Lipinski definition) is 3. The molecule has 1 atom stereocenters. The molecule has 1 saturated heterocycles. The van der Waals surface area contributed by atoms with Crippen molar-refractivity contribution in [2.45, 2.75) is 6.10 Å². The van der Waals surface area contributed by atoms with Crippen LogP contribution in [0.3, 0.4) is 0 Å². The van der Waals surface area contributed by atoms with Crippen LogP contribution in [0, 0.1) is 0 Å². The highest BCUT2D eigenvalue weighted by atomic mass is 16.5. The average Bonchev–Trinajstić information content (AvgIpc) is 2.05. The Morgan fingerprint density at radius 1 is 1.73 bits per heavy atom. The quantitative estimate of drug-likeness (QED) is 0.527. The molecule has 1 aliphatic rings. The number of hydrogen-bond donors (Lipinski definition) is 1. The van der Waals surface area contributed by atoms with E-state index in [2.05, 4.69) is 0 Å². The first kappa shape index (κ1) is 8.00. The molecule has 0 saturated carbocycles. The van der Waals surface area contributed by atoms with E-state index in [-0.39, 0.29) is 6.54 Å². The average molecular weight is 159 g/mol. The summed E-state index contributed by atoms with van der Waals surface area (Å²) < 4.78 is 4.93. The Kier molecular flexibility index (Phi) is 2.43. The molecule has 0 aromatic rings. The summed E-state index contributed by atoms with van der Waals surface area (Å²) in [4.78, 5) is 21.7. The van der Waals surface area contributed by atoms with Gasteiger partial charge in [-0.25, -0.2) is 4.79 Å².